The molecule has 5 nitrogen and oxygen atoms in total. The van der Waals surface area contributed by atoms with E-state index in [-0.39, 0.29) is 11.8 Å². The number of morpholine rings is 1. The number of hydrogen-bond acceptors (Lipinski definition) is 4. The molecule has 0 saturated carbocycles. The molecule has 1 N–H and O–H groups in total. The first-order valence-corrected chi connectivity index (χ1v) is 8.36. The lowest BCUT2D eigenvalue weighted by atomic mass is 9.97. The van der Waals surface area contributed by atoms with Crippen LogP contribution >= 0.6 is 0 Å². The number of benzene rings is 1. The van der Waals surface area contributed by atoms with Gasteiger partial charge in [-0.05, 0) is 23.6 Å². The van der Waals surface area contributed by atoms with E-state index in [2.05, 4.69) is 34.3 Å². The molecule has 24 heavy (non-hydrogen) atoms. The van der Waals surface area contributed by atoms with Crippen molar-refractivity contribution in [1.82, 2.24) is 4.98 Å². The Kier molecular flexibility index (Phi) is 5.43. The number of rotatable bonds is 5. The zero-order chi connectivity index (χ0) is 16.8. The molecule has 2 aromatic rings. The van der Waals surface area contributed by atoms with Crippen LogP contribution in [0.1, 0.15) is 24.8 Å². The van der Waals surface area contributed by atoms with Crippen molar-refractivity contribution in [2.24, 2.45) is 0 Å². The van der Waals surface area contributed by atoms with E-state index in [4.69, 9.17) is 4.74 Å². The predicted octanol–water partition coefficient (Wildman–Crippen LogP) is 3.05. The van der Waals surface area contributed by atoms with E-state index in [1.165, 1.54) is 5.56 Å². The molecule has 0 bridgehead atoms. The van der Waals surface area contributed by atoms with Crippen LogP contribution in [0.4, 0.5) is 11.5 Å². The second kappa shape index (κ2) is 7.93. The zero-order valence-corrected chi connectivity index (χ0v) is 13.9. The molecule has 1 aromatic heterocycles. The molecule has 0 spiro atoms. The van der Waals surface area contributed by atoms with Gasteiger partial charge in [0.05, 0.1) is 25.1 Å². The van der Waals surface area contributed by atoms with Crippen molar-refractivity contribution in [2.75, 3.05) is 36.5 Å². The minimum Gasteiger partial charge on any atom is -0.378 e. The summed E-state index contributed by atoms with van der Waals surface area (Å²) in [6, 6.07) is 13.9. The van der Waals surface area contributed by atoms with Crippen LogP contribution in [-0.2, 0) is 9.53 Å². The molecule has 1 fully saturated rings. The fraction of sp³-hybridized carbons (Fsp3) is 0.368. The van der Waals surface area contributed by atoms with Gasteiger partial charge in [0, 0.05) is 19.5 Å². The van der Waals surface area contributed by atoms with Gasteiger partial charge in [0.2, 0.25) is 5.91 Å². The van der Waals surface area contributed by atoms with E-state index in [0.29, 0.717) is 6.42 Å². The minimum absolute atomic E-state index is 0.00674. The minimum atomic E-state index is 0.00674. The van der Waals surface area contributed by atoms with Gasteiger partial charge in [-0.1, -0.05) is 37.3 Å². The number of carbonyl (C=O) groups is 1. The van der Waals surface area contributed by atoms with Gasteiger partial charge in [-0.3, -0.25) is 4.79 Å². The number of pyridine rings is 1. The number of nitrogens with one attached hydrogen (secondary N) is 1. The Bertz CT molecular complexity index is 652. The van der Waals surface area contributed by atoms with Crippen molar-refractivity contribution >= 4 is 17.4 Å². The summed E-state index contributed by atoms with van der Waals surface area (Å²) in [5, 5.41) is 2.93. The number of anilines is 2. The standard InChI is InChI=1S/C19H23N3O2/c1-15(16-5-3-2-4-6-16)13-19(23)21-17-7-8-18(20-14-17)22-9-11-24-12-10-22/h2-8,14-15H,9-13H2,1H3,(H,21,23)/t15-/m1/s1. The summed E-state index contributed by atoms with van der Waals surface area (Å²) >= 11 is 0. The van der Waals surface area contributed by atoms with Crippen LogP contribution in [0.2, 0.25) is 0 Å². The van der Waals surface area contributed by atoms with Crippen molar-refractivity contribution in [3.8, 4) is 0 Å². The van der Waals surface area contributed by atoms with E-state index >= 15 is 0 Å². The van der Waals surface area contributed by atoms with E-state index in [0.717, 1.165) is 37.8 Å². The highest BCUT2D eigenvalue weighted by Gasteiger charge is 2.13. The smallest absolute Gasteiger partial charge is 0.225 e. The van der Waals surface area contributed by atoms with Gasteiger partial charge in [-0.15, -0.1) is 0 Å². The molecule has 3 rings (SSSR count). The van der Waals surface area contributed by atoms with Crippen LogP contribution in [0.25, 0.3) is 0 Å². The van der Waals surface area contributed by atoms with Crippen molar-refractivity contribution in [1.29, 1.82) is 0 Å². The molecule has 0 radical (unpaired) electrons. The predicted molar refractivity (Wildman–Crippen MR) is 95.4 cm³/mol. The van der Waals surface area contributed by atoms with Crippen molar-refractivity contribution in [2.45, 2.75) is 19.3 Å². The average Bonchev–Trinajstić information content (AvgIpc) is 2.64. The fourth-order valence-electron chi connectivity index (χ4n) is 2.83. The van der Waals surface area contributed by atoms with Gasteiger partial charge in [0.15, 0.2) is 0 Å². The molecule has 1 aromatic carbocycles. The number of carbonyl (C=O) groups excluding carboxylic acids is 1. The SMILES string of the molecule is C[C@H](CC(=O)Nc1ccc(N2CCOCC2)nc1)c1ccccc1. The first kappa shape index (κ1) is 16.5. The Morgan fingerprint density at radius 2 is 1.96 bits per heavy atom. The maximum atomic E-state index is 12.2. The first-order valence-electron chi connectivity index (χ1n) is 8.36. The summed E-state index contributed by atoms with van der Waals surface area (Å²) in [5.74, 6) is 1.12. The number of aromatic nitrogens is 1. The highest BCUT2D eigenvalue weighted by molar-refractivity contribution is 5.91. The molecule has 1 saturated heterocycles. The number of ether oxygens (including phenoxy) is 1. The van der Waals surface area contributed by atoms with Gasteiger partial charge in [0.1, 0.15) is 5.82 Å². The number of hydrogen-bond donors (Lipinski definition) is 1. The lowest BCUT2D eigenvalue weighted by Crippen LogP contribution is -2.36. The third-order valence-corrected chi connectivity index (χ3v) is 4.23. The molecule has 0 unspecified atom stereocenters. The van der Waals surface area contributed by atoms with E-state index in [9.17, 15) is 4.79 Å². The highest BCUT2D eigenvalue weighted by atomic mass is 16.5. The van der Waals surface area contributed by atoms with Gasteiger partial charge in [-0.25, -0.2) is 4.98 Å². The first-order chi connectivity index (χ1) is 11.7. The van der Waals surface area contributed by atoms with Crippen LogP contribution in [0, 0.1) is 0 Å². The second-order valence-corrected chi connectivity index (χ2v) is 6.07. The van der Waals surface area contributed by atoms with Gasteiger partial charge in [0.25, 0.3) is 0 Å². The van der Waals surface area contributed by atoms with Crippen molar-refractivity contribution in [3.05, 3.63) is 54.2 Å². The molecule has 1 atom stereocenters. The van der Waals surface area contributed by atoms with Crippen LogP contribution in [0.15, 0.2) is 48.7 Å². The van der Waals surface area contributed by atoms with Crippen LogP contribution in [0.3, 0.4) is 0 Å². The Balaban J connectivity index is 1.54. The monoisotopic (exact) mass is 325 g/mol. The van der Waals surface area contributed by atoms with Crippen LogP contribution in [-0.4, -0.2) is 37.2 Å². The molecular weight excluding hydrogens is 302 g/mol. The number of nitrogens with zero attached hydrogens (tertiary/aromatic N) is 2. The maximum Gasteiger partial charge on any atom is 0.225 e. The summed E-state index contributed by atoms with van der Waals surface area (Å²) in [6.45, 7) is 5.24. The third-order valence-electron chi connectivity index (χ3n) is 4.23. The second-order valence-electron chi connectivity index (χ2n) is 6.07. The Morgan fingerprint density at radius 3 is 2.62 bits per heavy atom. The highest BCUT2D eigenvalue weighted by Crippen LogP contribution is 2.20. The van der Waals surface area contributed by atoms with Crippen LogP contribution < -0.4 is 10.2 Å². The number of amides is 1. The van der Waals surface area contributed by atoms with Gasteiger partial charge < -0.3 is 15.0 Å². The molecule has 0 aliphatic carbocycles. The van der Waals surface area contributed by atoms with Crippen molar-refractivity contribution in [3.63, 3.8) is 0 Å². The molecule has 2 heterocycles. The normalized spacial score (nSPS) is 15.8. The largest absolute Gasteiger partial charge is 0.378 e. The molecular formula is C19H23N3O2. The van der Waals surface area contributed by atoms with Crippen LogP contribution in [0.5, 0.6) is 0 Å². The fourth-order valence-corrected chi connectivity index (χ4v) is 2.83. The topological polar surface area (TPSA) is 54.5 Å². The summed E-state index contributed by atoms with van der Waals surface area (Å²) in [6.07, 6.45) is 2.17. The third kappa shape index (κ3) is 4.32. The molecule has 126 valence electrons. The van der Waals surface area contributed by atoms with E-state index in [1.54, 1.807) is 6.20 Å². The molecule has 1 aliphatic heterocycles. The van der Waals surface area contributed by atoms with E-state index < -0.39 is 0 Å². The Morgan fingerprint density at radius 1 is 1.21 bits per heavy atom. The lowest BCUT2D eigenvalue weighted by molar-refractivity contribution is -0.116. The summed E-state index contributed by atoms with van der Waals surface area (Å²) in [7, 11) is 0. The Hall–Kier alpha value is -2.40. The lowest BCUT2D eigenvalue weighted by Gasteiger charge is -2.27. The molecule has 1 aliphatic rings. The average molecular weight is 325 g/mol. The zero-order valence-electron chi connectivity index (χ0n) is 13.9. The van der Waals surface area contributed by atoms with E-state index in [1.807, 2.05) is 30.3 Å². The molecule has 1 amide bonds. The van der Waals surface area contributed by atoms with Crippen molar-refractivity contribution < 1.29 is 9.53 Å². The maximum absolute atomic E-state index is 12.2. The summed E-state index contributed by atoms with van der Waals surface area (Å²) < 4.78 is 5.34. The molecule has 5 heteroatoms. The summed E-state index contributed by atoms with van der Waals surface area (Å²) in [5.41, 5.74) is 1.91. The quantitative estimate of drug-likeness (QED) is 0.918. The van der Waals surface area contributed by atoms with Gasteiger partial charge in [-0.2, -0.15) is 0 Å². The Labute approximate surface area is 142 Å². The van der Waals surface area contributed by atoms with Gasteiger partial charge >= 0.3 is 0 Å². The summed E-state index contributed by atoms with van der Waals surface area (Å²) in [4.78, 5) is 18.9.